The van der Waals surface area contributed by atoms with Gasteiger partial charge in [-0.25, -0.2) is 0 Å². The standard InChI is InChI=1S/C12H22SSi/c1-4-14(5-2,6-3)11-9-12-8-7-10-13-12/h7-8,10H,4-6,9,11H2,1-3H3. The number of thiophene rings is 1. The third-order valence-corrected chi connectivity index (χ3v) is 10.5. The number of hydrogen-bond donors (Lipinski definition) is 0. The molecule has 0 spiro atoms. The Hall–Kier alpha value is -0.0831. The molecule has 1 aromatic rings. The van der Waals surface area contributed by atoms with E-state index < -0.39 is 8.07 Å². The second kappa shape index (κ2) is 5.71. The first-order chi connectivity index (χ1) is 6.76. The van der Waals surface area contributed by atoms with Crippen molar-refractivity contribution in [3.05, 3.63) is 22.4 Å². The molecule has 0 N–H and O–H groups in total. The first kappa shape index (κ1) is 12.0. The van der Waals surface area contributed by atoms with Crippen LogP contribution in [0.1, 0.15) is 25.6 Å². The highest BCUT2D eigenvalue weighted by Gasteiger charge is 2.25. The second-order valence-corrected chi connectivity index (χ2v) is 10.8. The summed E-state index contributed by atoms with van der Waals surface area (Å²) >= 11 is 1.92. The van der Waals surface area contributed by atoms with Gasteiger partial charge >= 0.3 is 0 Å². The van der Waals surface area contributed by atoms with E-state index in [0.29, 0.717) is 0 Å². The molecule has 1 heterocycles. The molecular weight excluding hydrogens is 204 g/mol. The summed E-state index contributed by atoms with van der Waals surface area (Å²) in [6.07, 6.45) is 1.33. The van der Waals surface area contributed by atoms with E-state index in [9.17, 15) is 0 Å². The number of aryl methyl sites for hydroxylation is 1. The molecule has 2 heteroatoms. The maximum absolute atomic E-state index is 2.40. The van der Waals surface area contributed by atoms with Crippen LogP contribution >= 0.6 is 11.3 Å². The monoisotopic (exact) mass is 226 g/mol. The Labute approximate surface area is 93.4 Å². The molecule has 14 heavy (non-hydrogen) atoms. The average Bonchev–Trinajstić information content (AvgIpc) is 2.74. The van der Waals surface area contributed by atoms with Crippen LogP contribution in [0.4, 0.5) is 0 Å². The third kappa shape index (κ3) is 2.96. The number of rotatable bonds is 6. The first-order valence-corrected chi connectivity index (χ1v) is 9.49. The molecule has 0 nitrogen and oxygen atoms in total. The van der Waals surface area contributed by atoms with Crippen molar-refractivity contribution in [2.45, 2.75) is 51.4 Å². The minimum absolute atomic E-state index is 0.867. The Morgan fingerprint density at radius 1 is 1.14 bits per heavy atom. The second-order valence-electron chi connectivity index (χ2n) is 4.14. The van der Waals surface area contributed by atoms with E-state index in [1.807, 2.05) is 11.3 Å². The van der Waals surface area contributed by atoms with Gasteiger partial charge in [-0.1, -0.05) is 51.0 Å². The topological polar surface area (TPSA) is 0 Å². The van der Waals surface area contributed by atoms with Crippen LogP contribution in [0.5, 0.6) is 0 Å². The summed E-state index contributed by atoms with van der Waals surface area (Å²) < 4.78 is 0. The Morgan fingerprint density at radius 2 is 1.79 bits per heavy atom. The summed E-state index contributed by atoms with van der Waals surface area (Å²) in [5.74, 6) is 0. The molecule has 0 atom stereocenters. The fourth-order valence-electron chi connectivity index (χ4n) is 2.12. The molecule has 1 rings (SSSR count). The van der Waals surface area contributed by atoms with E-state index >= 15 is 0 Å². The van der Waals surface area contributed by atoms with Crippen LogP contribution < -0.4 is 0 Å². The van der Waals surface area contributed by atoms with Crippen LogP contribution in [0.2, 0.25) is 24.2 Å². The van der Waals surface area contributed by atoms with E-state index in [1.54, 1.807) is 4.88 Å². The van der Waals surface area contributed by atoms with Crippen LogP contribution in [-0.4, -0.2) is 8.07 Å². The van der Waals surface area contributed by atoms with Gasteiger partial charge in [0.15, 0.2) is 0 Å². The quantitative estimate of drug-likeness (QED) is 0.611. The predicted octanol–water partition coefficient (Wildman–Crippen LogP) is 4.80. The largest absolute Gasteiger partial charge is 0.149 e. The Kier molecular flexibility index (Phi) is 4.89. The van der Waals surface area contributed by atoms with Crippen LogP contribution in [0.3, 0.4) is 0 Å². The van der Waals surface area contributed by atoms with Crippen LogP contribution in [-0.2, 0) is 6.42 Å². The molecule has 0 unspecified atom stereocenters. The summed E-state index contributed by atoms with van der Waals surface area (Å²) in [4.78, 5) is 1.58. The van der Waals surface area contributed by atoms with Gasteiger partial charge in [-0.05, 0) is 17.9 Å². The van der Waals surface area contributed by atoms with Gasteiger partial charge in [0.25, 0.3) is 0 Å². The maximum Gasteiger partial charge on any atom is 0.0531 e. The smallest absolute Gasteiger partial charge is 0.0531 e. The average molecular weight is 226 g/mol. The molecule has 0 aliphatic carbocycles. The van der Waals surface area contributed by atoms with Gasteiger partial charge in [0, 0.05) is 4.88 Å². The highest BCUT2D eigenvalue weighted by atomic mass is 32.1. The van der Waals surface area contributed by atoms with E-state index in [4.69, 9.17) is 0 Å². The molecule has 0 saturated carbocycles. The van der Waals surface area contributed by atoms with Gasteiger partial charge in [0.1, 0.15) is 0 Å². The zero-order chi connectivity index (χ0) is 10.4. The summed E-state index contributed by atoms with van der Waals surface area (Å²) in [6, 6.07) is 10.3. The zero-order valence-corrected chi connectivity index (χ0v) is 11.5. The fourth-order valence-corrected chi connectivity index (χ4v) is 6.37. The SMILES string of the molecule is CC[Si](CC)(CC)CCc1cccs1. The van der Waals surface area contributed by atoms with Gasteiger partial charge in [0.05, 0.1) is 8.07 Å². The van der Waals surface area contributed by atoms with E-state index in [2.05, 4.69) is 38.3 Å². The van der Waals surface area contributed by atoms with Gasteiger partial charge in [0.2, 0.25) is 0 Å². The maximum atomic E-state index is 2.40. The van der Waals surface area contributed by atoms with Gasteiger partial charge < -0.3 is 0 Å². The molecule has 0 saturated heterocycles. The van der Waals surface area contributed by atoms with Gasteiger partial charge in [-0.15, -0.1) is 11.3 Å². The number of hydrogen-bond acceptors (Lipinski definition) is 1. The summed E-state index contributed by atoms with van der Waals surface area (Å²) in [7, 11) is -0.867. The predicted molar refractivity (Wildman–Crippen MR) is 70.0 cm³/mol. The van der Waals surface area contributed by atoms with Crippen molar-refractivity contribution in [1.29, 1.82) is 0 Å². The Balaban J connectivity index is 2.48. The normalized spacial score (nSPS) is 11.9. The Morgan fingerprint density at radius 3 is 2.21 bits per heavy atom. The van der Waals surface area contributed by atoms with E-state index in [0.717, 1.165) is 0 Å². The van der Waals surface area contributed by atoms with Crippen LogP contribution in [0.15, 0.2) is 17.5 Å². The van der Waals surface area contributed by atoms with Crippen LogP contribution in [0.25, 0.3) is 0 Å². The van der Waals surface area contributed by atoms with Crippen molar-refractivity contribution in [3.8, 4) is 0 Å². The van der Waals surface area contributed by atoms with Crippen molar-refractivity contribution in [1.82, 2.24) is 0 Å². The van der Waals surface area contributed by atoms with E-state index in [1.165, 1.54) is 30.6 Å². The van der Waals surface area contributed by atoms with Crippen molar-refractivity contribution in [2.75, 3.05) is 0 Å². The highest BCUT2D eigenvalue weighted by Crippen LogP contribution is 2.27. The molecule has 1 aromatic heterocycles. The lowest BCUT2D eigenvalue weighted by molar-refractivity contribution is 1.04. The molecule has 0 aliphatic heterocycles. The minimum Gasteiger partial charge on any atom is -0.149 e. The first-order valence-electron chi connectivity index (χ1n) is 5.78. The van der Waals surface area contributed by atoms with Crippen molar-refractivity contribution in [2.24, 2.45) is 0 Å². The molecule has 0 radical (unpaired) electrons. The Bertz CT molecular complexity index is 229. The lowest BCUT2D eigenvalue weighted by Gasteiger charge is -2.27. The molecule has 0 bridgehead atoms. The van der Waals surface area contributed by atoms with Gasteiger partial charge in [-0.2, -0.15) is 0 Å². The lowest BCUT2D eigenvalue weighted by Crippen LogP contribution is -2.31. The molecule has 0 fully saturated rings. The fraction of sp³-hybridized carbons (Fsp3) is 0.667. The summed E-state index contributed by atoms with van der Waals surface area (Å²) in [5.41, 5.74) is 0. The van der Waals surface area contributed by atoms with Crippen molar-refractivity contribution < 1.29 is 0 Å². The molecule has 0 amide bonds. The molecule has 0 aromatic carbocycles. The molecule has 80 valence electrons. The molecular formula is C12H22SSi. The third-order valence-electron chi connectivity index (χ3n) is 3.73. The van der Waals surface area contributed by atoms with Crippen molar-refractivity contribution in [3.63, 3.8) is 0 Å². The summed E-state index contributed by atoms with van der Waals surface area (Å²) in [5, 5.41) is 2.20. The minimum atomic E-state index is -0.867. The highest BCUT2D eigenvalue weighted by molar-refractivity contribution is 7.09. The van der Waals surface area contributed by atoms with Crippen LogP contribution in [0, 0.1) is 0 Å². The van der Waals surface area contributed by atoms with Crippen molar-refractivity contribution >= 4 is 19.4 Å². The summed E-state index contributed by atoms with van der Waals surface area (Å²) in [6.45, 7) is 7.19. The van der Waals surface area contributed by atoms with Gasteiger partial charge in [-0.3, -0.25) is 0 Å². The lowest BCUT2D eigenvalue weighted by atomic mass is 10.4. The zero-order valence-electron chi connectivity index (χ0n) is 9.68. The van der Waals surface area contributed by atoms with E-state index in [-0.39, 0.29) is 0 Å². The molecule has 0 aliphatic rings.